The summed E-state index contributed by atoms with van der Waals surface area (Å²) in [6.07, 6.45) is 0.0407. The van der Waals surface area contributed by atoms with Crippen LogP contribution in [0.1, 0.15) is 24.5 Å². The summed E-state index contributed by atoms with van der Waals surface area (Å²) < 4.78 is 6.39. The minimum absolute atomic E-state index is 0.0407. The molecule has 0 saturated carbocycles. The molecule has 148 valence electrons. The minimum atomic E-state index is -0.411. The zero-order valence-corrected chi connectivity index (χ0v) is 18.1. The Balaban J connectivity index is 1.80. The van der Waals surface area contributed by atoms with E-state index >= 15 is 0 Å². The van der Waals surface area contributed by atoms with Gasteiger partial charge in [-0.05, 0) is 62.2 Å². The van der Waals surface area contributed by atoms with Crippen molar-refractivity contribution >= 4 is 50.7 Å². The summed E-state index contributed by atoms with van der Waals surface area (Å²) in [7, 11) is 0. The summed E-state index contributed by atoms with van der Waals surface area (Å²) in [4.78, 5) is 24.0. The Kier molecular flexibility index (Phi) is 8.02. The van der Waals surface area contributed by atoms with Gasteiger partial charge in [0.1, 0.15) is 5.75 Å². The number of anilines is 1. The molecule has 0 atom stereocenters. The quantitative estimate of drug-likeness (QED) is 0.461. The van der Waals surface area contributed by atoms with E-state index in [0.717, 1.165) is 15.6 Å². The Hall–Kier alpha value is -2.38. The van der Waals surface area contributed by atoms with Crippen LogP contribution >= 0.6 is 27.5 Å². The third-order valence-corrected chi connectivity index (χ3v) is 5.13. The van der Waals surface area contributed by atoms with Gasteiger partial charge in [-0.1, -0.05) is 33.6 Å². The van der Waals surface area contributed by atoms with Crippen molar-refractivity contribution in [2.75, 3.05) is 11.9 Å². The highest BCUT2D eigenvalue weighted by atomic mass is 79.9. The average molecular weight is 467 g/mol. The van der Waals surface area contributed by atoms with Crippen LogP contribution in [-0.2, 0) is 9.59 Å². The summed E-state index contributed by atoms with van der Waals surface area (Å²) in [6.45, 7) is 5.24. The second-order valence-corrected chi connectivity index (χ2v) is 7.48. The van der Waals surface area contributed by atoms with Crippen LogP contribution in [0.15, 0.2) is 46.0 Å². The van der Waals surface area contributed by atoms with Gasteiger partial charge < -0.3 is 10.1 Å². The lowest BCUT2D eigenvalue weighted by Crippen LogP contribution is -2.26. The van der Waals surface area contributed by atoms with Crippen molar-refractivity contribution in [3.63, 3.8) is 0 Å². The number of aryl methyl sites for hydroxylation is 1. The Bertz CT molecular complexity index is 916. The molecular formula is C20H21BrClN3O3. The van der Waals surface area contributed by atoms with Crippen LogP contribution in [0.25, 0.3) is 0 Å². The van der Waals surface area contributed by atoms with Crippen molar-refractivity contribution in [1.29, 1.82) is 0 Å². The first-order chi connectivity index (χ1) is 13.3. The third kappa shape index (κ3) is 6.65. The number of hydrogen-bond acceptors (Lipinski definition) is 4. The van der Waals surface area contributed by atoms with Gasteiger partial charge in [-0.3, -0.25) is 9.59 Å². The molecule has 0 fully saturated rings. The van der Waals surface area contributed by atoms with E-state index in [0.29, 0.717) is 22.2 Å². The zero-order chi connectivity index (χ0) is 20.7. The predicted molar refractivity (Wildman–Crippen MR) is 115 cm³/mol. The molecule has 2 aromatic carbocycles. The van der Waals surface area contributed by atoms with Crippen molar-refractivity contribution in [3.05, 3.63) is 57.0 Å². The van der Waals surface area contributed by atoms with Gasteiger partial charge in [0.25, 0.3) is 5.91 Å². The number of halogens is 2. The molecule has 0 aliphatic rings. The molecule has 6 nitrogen and oxygen atoms in total. The summed E-state index contributed by atoms with van der Waals surface area (Å²) >= 11 is 9.45. The molecule has 0 saturated heterocycles. The van der Waals surface area contributed by atoms with E-state index in [4.69, 9.17) is 16.3 Å². The van der Waals surface area contributed by atoms with E-state index in [-0.39, 0.29) is 18.9 Å². The van der Waals surface area contributed by atoms with E-state index < -0.39 is 5.91 Å². The average Bonchev–Trinajstić information content (AvgIpc) is 2.64. The van der Waals surface area contributed by atoms with Gasteiger partial charge in [0.2, 0.25) is 5.91 Å². The first-order valence-electron chi connectivity index (χ1n) is 8.52. The molecule has 0 aromatic heterocycles. The predicted octanol–water partition coefficient (Wildman–Crippen LogP) is 4.62. The largest absolute Gasteiger partial charge is 0.484 e. The number of nitrogens with zero attached hydrogens (tertiary/aromatic N) is 1. The third-order valence-electron chi connectivity index (χ3n) is 3.83. The minimum Gasteiger partial charge on any atom is -0.484 e. The topological polar surface area (TPSA) is 79.8 Å². The van der Waals surface area contributed by atoms with Crippen molar-refractivity contribution in [2.24, 2.45) is 5.10 Å². The van der Waals surface area contributed by atoms with Gasteiger partial charge in [0, 0.05) is 20.9 Å². The van der Waals surface area contributed by atoms with Crippen molar-refractivity contribution in [1.82, 2.24) is 5.43 Å². The van der Waals surface area contributed by atoms with E-state index in [2.05, 4.69) is 31.8 Å². The van der Waals surface area contributed by atoms with Gasteiger partial charge in [-0.15, -0.1) is 0 Å². The number of benzene rings is 2. The van der Waals surface area contributed by atoms with Crippen molar-refractivity contribution in [2.45, 2.75) is 27.2 Å². The Morgan fingerprint density at radius 3 is 2.64 bits per heavy atom. The molecule has 0 spiro atoms. The number of carbonyl (C=O) groups excluding carboxylic acids is 2. The van der Waals surface area contributed by atoms with Crippen LogP contribution < -0.4 is 15.5 Å². The molecule has 2 rings (SSSR count). The van der Waals surface area contributed by atoms with E-state index in [1.165, 1.54) is 0 Å². The fourth-order valence-corrected chi connectivity index (χ4v) is 2.68. The fourth-order valence-electron chi connectivity index (χ4n) is 2.26. The summed E-state index contributed by atoms with van der Waals surface area (Å²) in [5, 5.41) is 7.29. The van der Waals surface area contributed by atoms with E-state index in [1.54, 1.807) is 31.2 Å². The second kappa shape index (κ2) is 10.2. The lowest BCUT2D eigenvalue weighted by Gasteiger charge is -2.09. The lowest BCUT2D eigenvalue weighted by molar-refractivity contribution is -0.123. The van der Waals surface area contributed by atoms with Crippen LogP contribution in [-0.4, -0.2) is 24.1 Å². The van der Waals surface area contributed by atoms with Gasteiger partial charge in [0.05, 0.1) is 6.42 Å². The van der Waals surface area contributed by atoms with E-state index in [9.17, 15) is 9.59 Å². The Morgan fingerprint density at radius 2 is 1.93 bits per heavy atom. The number of hydrazone groups is 1. The van der Waals surface area contributed by atoms with Gasteiger partial charge in [0.15, 0.2) is 6.61 Å². The molecule has 0 aliphatic carbocycles. The zero-order valence-electron chi connectivity index (χ0n) is 15.8. The van der Waals surface area contributed by atoms with Crippen LogP contribution in [0.2, 0.25) is 5.02 Å². The molecule has 0 bridgehead atoms. The molecule has 0 radical (unpaired) electrons. The smallest absolute Gasteiger partial charge is 0.277 e. The molecule has 0 unspecified atom stereocenters. The van der Waals surface area contributed by atoms with Crippen LogP contribution in [0.3, 0.4) is 0 Å². The maximum atomic E-state index is 12.1. The summed E-state index contributed by atoms with van der Waals surface area (Å²) in [5.74, 6) is -0.0683. The highest BCUT2D eigenvalue weighted by molar-refractivity contribution is 9.10. The van der Waals surface area contributed by atoms with Gasteiger partial charge >= 0.3 is 0 Å². The number of carbonyl (C=O) groups is 2. The number of ether oxygens (including phenoxy) is 1. The number of rotatable bonds is 7. The Labute approximate surface area is 177 Å². The van der Waals surface area contributed by atoms with Gasteiger partial charge in [-0.25, -0.2) is 5.43 Å². The molecule has 0 aliphatic heterocycles. The van der Waals surface area contributed by atoms with Gasteiger partial charge in [-0.2, -0.15) is 5.10 Å². The highest BCUT2D eigenvalue weighted by Crippen LogP contribution is 2.23. The van der Waals surface area contributed by atoms with Crippen LogP contribution in [0, 0.1) is 13.8 Å². The number of amides is 2. The first-order valence-corrected chi connectivity index (χ1v) is 9.69. The van der Waals surface area contributed by atoms with Crippen molar-refractivity contribution < 1.29 is 14.3 Å². The standard InChI is InChI=1S/C20H21BrClN3O3/c1-12-9-15(7-8-16(12)21)28-11-20(27)25-24-13(2)10-19(26)23-18-6-4-5-17(22)14(18)3/h4-9H,10-11H2,1-3H3,(H,23,26)(H,25,27)/b24-13-. The van der Waals surface area contributed by atoms with Crippen molar-refractivity contribution in [3.8, 4) is 5.75 Å². The SMILES string of the molecule is C/C(CC(=O)Nc1cccc(Cl)c1C)=N/NC(=O)COc1ccc(Br)c(C)c1. The molecule has 0 heterocycles. The Morgan fingerprint density at radius 1 is 1.18 bits per heavy atom. The molecule has 28 heavy (non-hydrogen) atoms. The normalized spacial score (nSPS) is 11.1. The molecule has 8 heteroatoms. The van der Waals surface area contributed by atoms with Crippen LogP contribution in [0.4, 0.5) is 5.69 Å². The molecule has 2 aromatic rings. The fraction of sp³-hybridized carbons (Fsp3) is 0.250. The number of nitrogens with one attached hydrogen (secondary N) is 2. The highest BCUT2D eigenvalue weighted by Gasteiger charge is 2.09. The second-order valence-electron chi connectivity index (χ2n) is 6.22. The summed E-state index contributed by atoms with van der Waals surface area (Å²) in [5.41, 5.74) is 5.29. The number of hydrogen-bond donors (Lipinski definition) is 2. The van der Waals surface area contributed by atoms with E-state index in [1.807, 2.05) is 26.0 Å². The molecule has 2 N–H and O–H groups in total. The lowest BCUT2D eigenvalue weighted by atomic mass is 10.2. The maximum Gasteiger partial charge on any atom is 0.277 e. The summed E-state index contributed by atoms with van der Waals surface area (Å²) in [6, 6.07) is 10.7. The monoisotopic (exact) mass is 465 g/mol. The molecule has 2 amide bonds. The maximum absolute atomic E-state index is 12.1. The van der Waals surface area contributed by atoms with Crippen LogP contribution in [0.5, 0.6) is 5.75 Å². The first kappa shape index (κ1) is 21.9. The molecular weight excluding hydrogens is 446 g/mol.